The van der Waals surface area contributed by atoms with Gasteiger partial charge in [-0.25, -0.2) is 0 Å². The number of hydrogen-bond acceptors (Lipinski definition) is 4. The summed E-state index contributed by atoms with van der Waals surface area (Å²) in [5.41, 5.74) is 2.18. The van der Waals surface area contributed by atoms with Gasteiger partial charge in [0.25, 0.3) is 0 Å². The third kappa shape index (κ3) is 6.07. The summed E-state index contributed by atoms with van der Waals surface area (Å²) in [5.74, 6) is 0.725. The van der Waals surface area contributed by atoms with E-state index in [9.17, 15) is 9.59 Å². The number of carbonyl (C=O) groups excluding carboxylic acids is 2. The van der Waals surface area contributed by atoms with Gasteiger partial charge in [-0.15, -0.1) is 0 Å². The molecule has 0 bridgehead atoms. The van der Waals surface area contributed by atoms with E-state index in [0.29, 0.717) is 32.7 Å². The molecular weight excluding hydrogens is 380 g/mol. The van der Waals surface area contributed by atoms with Crippen LogP contribution >= 0.6 is 0 Å². The van der Waals surface area contributed by atoms with E-state index in [1.54, 1.807) is 12.0 Å². The summed E-state index contributed by atoms with van der Waals surface area (Å²) in [6.45, 7) is 3.83. The van der Waals surface area contributed by atoms with E-state index < -0.39 is 0 Å². The van der Waals surface area contributed by atoms with Crippen LogP contribution in [-0.4, -0.2) is 61.0 Å². The van der Waals surface area contributed by atoms with Gasteiger partial charge in [0, 0.05) is 26.1 Å². The van der Waals surface area contributed by atoms with Gasteiger partial charge in [-0.05, 0) is 29.7 Å². The molecule has 2 aromatic carbocycles. The average molecular weight is 411 g/mol. The summed E-state index contributed by atoms with van der Waals surface area (Å²) in [4.78, 5) is 28.6. The lowest BCUT2D eigenvalue weighted by molar-refractivity contribution is -0.138. The maximum absolute atomic E-state index is 12.8. The van der Waals surface area contributed by atoms with Crippen LogP contribution in [0.1, 0.15) is 24.5 Å². The lowest BCUT2D eigenvalue weighted by atomic mass is 10.1. The van der Waals surface area contributed by atoms with Crippen molar-refractivity contribution in [3.05, 3.63) is 65.7 Å². The molecule has 0 radical (unpaired) electrons. The smallest absolute Gasteiger partial charge is 0.242 e. The lowest BCUT2D eigenvalue weighted by Gasteiger charge is -2.25. The molecule has 1 heterocycles. The van der Waals surface area contributed by atoms with Crippen molar-refractivity contribution in [2.45, 2.75) is 32.5 Å². The van der Waals surface area contributed by atoms with E-state index in [4.69, 9.17) is 9.47 Å². The van der Waals surface area contributed by atoms with E-state index in [1.807, 2.05) is 54.3 Å². The maximum atomic E-state index is 12.8. The predicted octanol–water partition coefficient (Wildman–Crippen LogP) is 2.90. The minimum Gasteiger partial charge on any atom is -0.497 e. The summed E-state index contributed by atoms with van der Waals surface area (Å²) in [6.07, 6.45) is 0.908. The maximum Gasteiger partial charge on any atom is 0.242 e. The number of nitrogens with zero attached hydrogens (tertiary/aromatic N) is 2. The van der Waals surface area contributed by atoms with Gasteiger partial charge in [0.1, 0.15) is 5.75 Å². The van der Waals surface area contributed by atoms with Gasteiger partial charge in [0.15, 0.2) is 0 Å². The molecule has 3 rings (SSSR count). The number of ether oxygens (including phenoxy) is 2. The topological polar surface area (TPSA) is 59.1 Å². The van der Waals surface area contributed by atoms with E-state index in [0.717, 1.165) is 17.7 Å². The molecule has 0 saturated carbocycles. The van der Waals surface area contributed by atoms with Crippen LogP contribution in [-0.2, 0) is 27.4 Å². The molecule has 1 aliphatic rings. The molecule has 0 spiro atoms. The van der Waals surface area contributed by atoms with Crippen LogP contribution in [0, 0.1) is 0 Å². The first-order valence-corrected chi connectivity index (χ1v) is 10.4. The first-order valence-electron chi connectivity index (χ1n) is 10.4. The molecule has 30 heavy (non-hydrogen) atoms. The second kappa shape index (κ2) is 10.8. The zero-order valence-corrected chi connectivity index (χ0v) is 17.8. The lowest BCUT2D eigenvalue weighted by Crippen LogP contribution is -2.39. The fraction of sp³-hybridized carbons (Fsp3) is 0.417. The first kappa shape index (κ1) is 21.8. The second-order valence-corrected chi connectivity index (χ2v) is 7.49. The van der Waals surface area contributed by atoms with Gasteiger partial charge < -0.3 is 19.3 Å². The Morgan fingerprint density at radius 3 is 2.57 bits per heavy atom. The Labute approximate surface area is 178 Å². The zero-order chi connectivity index (χ0) is 21.3. The summed E-state index contributed by atoms with van der Waals surface area (Å²) in [6, 6.07) is 17.8. The number of rotatable bonds is 8. The average Bonchev–Trinajstić information content (AvgIpc) is 2.95. The minimum absolute atomic E-state index is 0.0248. The molecular formula is C24H30N2O4. The Kier molecular flexibility index (Phi) is 7.85. The molecule has 0 aromatic heterocycles. The van der Waals surface area contributed by atoms with Crippen LogP contribution in [0.5, 0.6) is 5.75 Å². The SMILES string of the molecule is CCC(=O)N1CC(=O)N(CCc2ccccc2)CC(OCc2cccc(OC)c2)C1. The van der Waals surface area contributed by atoms with Crippen molar-refractivity contribution < 1.29 is 19.1 Å². The molecule has 0 aliphatic carbocycles. The van der Waals surface area contributed by atoms with Crippen LogP contribution in [0.25, 0.3) is 0 Å². The molecule has 0 N–H and O–H groups in total. The minimum atomic E-state index is -0.242. The van der Waals surface area contributed by atoms with E-state index in [-0.39, 0.29) is 24.5 Å². The van der Waals surface area contributed by atoms with Crippen LogP contribution < -0.4 is 4.74 Å². The number of amides is 2. The van der Waals surface area contributed by atoms with Crippen molar-refractivity contribution in [2.24, 2.45) is 0 Å². The second-order valence-electron chi connectivity index (χ2n) is 7.49. The van der Waals surface area contributed by atoms with Crippen LogP contribution in [0.2, 0.25) is 0 Å². The standard InChI is InChI=1S/C24H30N2O4/c1-3-23(27)26-16-22(30-18-20-10-7-11-21(14-20)29-2)15-25(24(28)17-26)13-12-19-8-5-4-6-9-19/h4-11,14,22H,3,12-13,15-18H2,1-2H3. The molecule has 1 atom stereocenters. The highest BCUT2D eigenvalue weighted by atomic mass is 16.5. The summed E-state index contributed by atoms with van der Waals surface area (Å²) in [5, 5.41) is 0. The third-order valence-corrected chi connectivity index (χ3v) is 5.32. The highest BCUT2D eigenvalue weighted by molar-refractivity contribution is 5.85. The Balaban J connectivity index is 1.68. The third-order valence-electron chi connectivity index (χ3n) is 5.32. The first-order chi connectivity index (χ1) is 14.6. The zero-order valence-electron chi connectivity index (χ0n) is 17.8. The molecule has 2 aromatic rings. The molecule has 6 heteroatoms. The van der Waals surface area contributed by atoms with Gasteiger partial charge in [-0.1, -0.05) is 49.4 Å². The van der Waals surface area contributed by atoms with E-state index in [2.05, 4.69) is 12.1 Å². The molecule has 1 unspecified atom stereocenters. The van der Waals surface area contributed by atoms with Crippen molar-refractivity contribution in [1.29, 1.82) is 0 Å². The molecule has 1 fully saturated rings. The molecule has 2 amide bonds. The number of carbonyl (C=O) groups is 2. The normalized spacial score (nSPS) is 17.0. The summed E-state index contributed by atoms with van der Waals surface area (Å²) >= 11 is 0. The van der Waals surface area contributed by atoms with Gasteiger partial charge in [-0.3, -0.25) is 9.59 Å². The summed E-state index contributed by atoms with van der Waals surface area (Å²) in [7, 11) is 1.63. The van der Waals surface area contributed by atoms with Crippen molar-refractivity contribution in [1.82, 2.24) is 9.80 Å². The van der Waals surface area contributed by atoms with Crippen molar-refractivity contribution in [3.63, 3.8) is 0 Å². The Morgan fingerprint density at radius 1 is 1.07 bits per heavy atom. The highest BCUT2D eigenvalue weighted by Gasteiger charge is 2.30. The monoisotopic (exact) mass is 410 g/mol. The van der Waals surface area contributed by atoms with E-state index in [1.165, 1.54) is 5.56 Å². The Morgan fingerprint density at radius 2 is 1.83 bits per heavy atom. The van der Waals surface area contributed by atoms with Gasteiger partial charge >= 0.3 is 0 Å². The van der Waals surface area contributed by atoms with Gasteiger partial charge in [0.2, 0.25) is 11.8 Å². The Hall–Kier alpha value is -2.86. The molecule has 160 valence electrons. The Bertz CT molecular complexity index is 840. The van der Waals surface area contributed by atoms with Crippen LogP contribution in [0.4, 0.5) is 0 Å². The van der Waals surface area contributed by atoms with Crippen molar-refractivity contribution in [3.8, 4) is 5.75 Å². The largest absolute Gasteiger partial charge is 0.497 e. The predicted molar refractivity (Wildman–Crippen MR) is 115 cm³/mol. The molecule has 6 nitrogen and oxygen atoms in total. The fourth-order valence-corrected chi connectivity index (χ4v) is 3.60. The fourth-order valence-electron chi connectivity index (χ4n) is 3.60. The number of benzene rings is 2. The van der Waals surface area contributed by atoms with Crippen molar-refractivity contribution in [2.75, 3.05) is 33.3 Å². The van der Waals surface area contributed by atoms with Gasteiger partial charge in [0.05, 0.1) is 26.4 Å². The highest BCUT2D eigenvalue weighted by Crippen LogP contribution is 2.16. The molecule has 1 saturated heterocycles. The van der Waals surface area contributed by atoms with Gasteiger partial charge in [-0.2, -0.15) is 0 Å². The van der Waals surface area contributed by atoms with Crippen LogP contribution in [0.15, 0.2) is 54.6 Å². The quantitative estimate of drug-likeness (QED) is 0.672. The summed E-state index contributed by atoms with van der Waals surface area (Å²) < 4.78 is 11.4. The van der Waals surface area contributed by atoms with Crippen molar-refractivity contribution >= 4 is 11.8 Å². The van der Waals surface area contributed by atoms with Crippen LogP contribution in [0.3, 0.4) is 0 Å². The number of hydrogen-bond donors (Lipinski definition) is 0. The van der Waals surface area contributed by atoms with E-state index >= 15 is 0 Å². The molecule has 1 aliphatic heterocycles. The number of methoxy groups -OCH3 is 1.